The topological polar surface area (TPSA) is 73.9 Å². The van der Waals surface area contributed by atoms with Gasteiger partial charge in [-0.15, -0.1) is 0 Å². The van der Waals surface area contributed by atoms with Gasteiger partial charge in [-0.2, -0.15) is 23.1 Å². The number of alkyl halides is 3. The standard InChI is InChI=1S/C19H19F3N4O2/c1-10(2)16-23-12(4)11(3)18(25-16)27-9-15-24-17(26-28-15)13-6-5-7-14(8-13)19(20,21)22/h5-8,10H,9H2,1-4H3. The Morgan fingerprint density at radius 2 is 1.86 bits per heavy atom. The van der Waals surface area contributed by atoms with Crippen LogP contribution < -0.4 is 4.74 Å². The highest BCUT2D eigenvalue weighted by molar-refractivity contribution is 5.55. The number of hydrogen-bond acceptors (Lipinski definition) is 6. The highest BCUT2D eigenvalue weighted by atomic mass is 19.4. The number of rotatable bonds is 5. The molecular weight excluding hydrogens is 373 g/mol. The van der Waals surface area contributed by atoms with Crippen LogP contribution in [-0.2, 0) is 12.8 Å². The van der Waals surface area contributed by atoms with E-state index in [-0.39, 0.29) is 29.8 Å². The molecule has 28 heavy (non-hydrogen) atoms. The zero-order valence-corrected chi connectivity index (χ0v) is 15.8. The summed E-state index contributed by atoms with van der Waals surface area (Å²) in [5, 5.41) is 3.74. The predicted molar refractivity (Wildman–Crippen MR) is 94.7 cm³/mol. The molecule has 0 fully saturated rings. The summed E-state index contributed by atoms with van der Waals surface area (Å²) in [4.78, 5) is 12.9. The first kappa shape index (κ1) is 19.8. The van der Waals surface area contributed by atoms with Crippen molar-refractivity contribution in [3.8, 4) is 17.3 Å². The van der Waals surface area contributed by atoms with Crippen molar-refractivity contribution in [3.63, 3.8) is 0 Å². The number of hydrogen-bond donors (Lipinski definition) is 0. The van der Waals surface area contributed by atoms with E-state index in [1.54, 1.807) is 0 Å². The van der Waals surface area contributed by atoms with Crippen LogP contribution in [0.2, 0.25) is 0 Å². The monoisotopic (exact) mass is 392 g/mol. The van der Waals surface area contributed by atoms with Gasteiger partial charge in [-0.3, -0.25) is 0 Å². The summed E-state index contributed by atoms with van der Waals surface area (Å²) in [6.45, 7) is 7.62. The first-order chi connectivity index (χ1) is 13.1. The van der Waals surface area contributed by atoms with Crippen LogP contribution in [0.4, 0.5) is 13.2 Å². The van der Waals surface area contributed by atoms with Crippen LogP contribution in [0.5, 0.6) is 5.88 Å². The molecule has 148 valence electrons. The Morgan fingerprint density at radius 3 is 2.54 bits per heavy atom. The Labute approximate surface area is 159 Å². The third-order valence-corrected chi connectivity index (χ3v) is 4.13. The molecule has 0 aliphatic rings. The molecule has 3 aromatic rings. The first-order valence-corrected chi connectivity index (χ1v) is 8.63. The van der Waals surface area contributed by atoms with E-state index in [0.29, 0.717) is 11.7 Å². The molecule has 0 aliphatic heterocycles. The van der Waals surface area contributed by atoms with E-state index in [2.05, 4.69) is 20.1 Å². The summed E-state index contributed by atoms with van der Waals surface area (Å²) in [5.41, 5.74) is 1.03. The van der Waals surface area contributed by atoms with Crippen molar-refractivity contribution in [1.82, 2.24) is 20.1 Å². The molecule has 0 spiro atoms. The van der Waals surface area contributed by atoms with Crippen molar-refractivity contribution >= 4 is 0 Å². The van der Waals surface area contributed by atoms with E-state index >= 15 is 0 Å². The zero-order chi connectivity index (χ0) is 20.5. The lowest BCUT2D eigenvalue weighted by atomic mass is 10.1. The van der Waals surface area contributed by atoms with Crippen molar-refractivity contribution in [2.45, 2.75) is 46.4 Å². The second-order valence-corrected chi connectivity index (χ2v) is 6.63. The lowest BCUT2D eigenvalue weighted by Gasteiger charge is -2.11. The van der Waals surface area contributed by atoms with Gasteiger partial charge in [0.1, 0.15) is 5.82 Å². The molecule has 0 unspecified atom stereocenters. The average molecular weight is 392 g/mol. The Balaban J connectivity index is 1.78. The van der Waals surface area contributed by atoms with Crippen LogP contribution in [0.1, 0.15) is 48.3 Å². The second kappa shape index (κ2) is 7.57. The van der Waals surface area contributed by atoms with E-state index in [9.17, 15) is 13.2 Å². The largest absolute Gasteiger partial charge is 0.467 e. The molecule has 0 radical (unpaired) electrons. The fraction of sp³-hybridized carbons (Fsp3) is 0.368. The minimum Gasteiger partial charge on any atom is -0.467 e. The third kappa shape index (κ3) is 4.29. The quantitative estimate of drug-likeness (QED) is 0.617. The molecule has 0 saturated carbocycles. The van der Waals surface area contributed by atoms with E-state index in [1.807, 2.05) is 27.7 Å². The van der Waals surface area contributed by atoms with E-state index in [1.165, 1.54) is 12.1 Å². The molecule has 1 aromatic carbocycles. The Morgan fingerprint density at radius 1 is 1.11 bits per heavy atom. The molecule has 9 heteroatoms. The predicted octanol–water partition coefficient (Wildman–Crippen LogP) is 4.86. The molecule has 2 heterocycles. The third-order valence-electron chi connectivity index (χ3n) is 4.13. The van der Waals surface area contributed by atoms with E-state index in [4.69, 9.17) is 9.26 Å². The average Bonchev–Trinajstić information content (AvgIpc) is 3.11. The van der Waals surface area contributed by atoms with Gasteiger partial charge in [-0.05, 0) is 26.0 Å². The Bertz CT molecular complexity index is 984. The molecule has 3 rings (SSSR count). The summed E-state index contributed by atoms with van der Waals surface area (Å²) >= 11 is 0. The molecule has 0 saturated heterocycles. The van der Waals surface area contributed by atoms with Crippen molar-refractivity contribution in [3.05, 3.63) is 52.8 Å². The van der Waals surface area contributed by atoms with Gasteiger partial charge in [0.05, 0.1) is 5.56 Å². The normalized spacial score (nSPS) is 11.9. The minimum absolute atomic E-state index is 0.0548. The van der Waals surface area contributed by atoms with Crippen LogP contribution in [0.15, 0.2) is 28.8 Å². The molecule has 0 amide bonds. The van der Waals surface area contributed by atoms with Gasteiger partial charge in [0.2, 0.25) is 11.7 Å². The van der Waals surface area contributed by atoms with Crippen molar-refractivity contribution in [2.24, 2.45) is 0 Å². The zero-order valence-electron chi connectivity index (χ0n) is 15.8. The molecule has 6 nitrogen and oxygen atoms in total. The maximum atomic E-state index is 12.9. The summed E-state index contributed by atoms with van der Waals surface area (Å²) in [6.07, 6.45) is -4.44. The fourth-order valence-electron chi connectivity index (χ4n) is 2.42. The molecular formula is C19H19F3N4O2. The second-order valence-electron chi connectivity index (χ2n) is 6.63. The highest BCUT2D eigenvalue weighted by Gasteiger charge is 2.30. The van der Waals surface area contributed by atoms with Crippen LogP contribution in [0.25, 0.3) is 11.4 Å². The van der Waals surface area contributed by atoms with Crippen molar-refractivity contribution in [1.29, 1.82) is 0 Å². The molecule has 2 aromatic heterocycles. The number of aryl methyl sites for hydroxylation is 1. The van der Waals surface area contributed by atoms with Gasteiger partial charge in [-0.1, -0.05) is 31.1 Å². The molecule has 0 N–H and O–H groups in total. The first-order valence-electron chi connectivity index (χ1n) is 8.63. The Kier molecular flexibility index (Phi) is 5.35. The number of benzene rings is 1. The minimum atomic E-state index is -4.44. The van der Waals surface area contributed by atoms with E-state index < -0.39 is 11.7 Å². The van der Waals surface area contributed by atoms with Gasteiger partial charge in [-0.25, -0.2) is 4.98 Å². The molecule has 0 bridgehead atoms. The van der Waals surface area contributed by atoms with Gasteiger partial charge in [0, 0.05) is 22.7 Å². The van der Waals surface area contributed by atoms with E-state index in [0.717, 1.165) is 23.4 Å². The number of aromatic nitrogens is 4. The highest BCUT2D eigenvalue weighted by Crippen LogP contribution is 2.31. The fourth-order valence-corrected chi connectivity index (χ4v) is 2.42. The molecule has 0 atom stereocenters. The maximum absolute atomic E-state index is 12.9. The van der Waals surface area contributed by atoms with Crippen molar-refractivity contribution < 1.29 is 22.4 Å². The number of nitrogens with zero attached hydrogens (tertiary/aromatic N) is 4. The lowest BCUT2D eigenvalue weighted by Crippen LogP contribution is -2.07. The van der Waals surface area contributed by atoms with Crippen LogP contribution in [0, 0.1) is 13.8 Å². The number of ether oxygens (including phenoxy) is 1. The van der Waals surface area contributed by atoms with Crippen LogP contribution in [0.3, 0.4) is 0 Å². The van der Waals surface area contributed by atoms with Gasteiger partial charge < -0.3 is 9.26 Å². The lowest BCUT2D eigenvalue weighted by molar-refractivity contribution is -0.137. The SMILES string of the molecule is Cc1nc(C(C)C)nc(OCc2nc(-c3cccc(C(F)(F)F)c3)no2)c1C. The van der Waals surface area contributed by atoms with Crippen LogP contribution >= 0.6 is 0 Å². The van der Waals surface area contributed by atoms with Gasteiger partial charge >= 0.3 is 6.18 Å². The summed E-state index contributed by atoms with van der Waals surface area (Å²) in [6, 6.07) is 4.74. The summed E-state index contributed by atoms with van der Waals surface area (Å²) in [7, 11) is 0. The Hall–Kier alpha value is -2.97. The van der Waals surface area contributed by atoms with Gasteiger partial charge in [0.25, 0.3) is 5.89 Å². The number of halogens is 3. The summed E-state index contributed by atoms with van der Waals surface area (Å²) in [5.74, 6) is 1.40. The van der Waals surface area contributed by atoms with Crippen molar-refractivity contribution in [2.75, 3.05) is 0 Å². The maximum Gasteiger partial charge on any atom is 0.416 e. The van der Waals surface area contributed by atoms with Gasteiger partial charge in [0.15, 0.2) is 6.61 Å². The smallest absolute Gasteiger partial charge is 0.416 e. The van der Waals surface area contributed by atoms with Crippen LogP contribution in [-0.4, -0.2) is 20.1 Å². The molecule has 0 aliphatic carbocycles. The summed E-state index contributed by atoms with van der Waals surface area (Å²) < 4.78 is 49.4.